The van der Waals surface area contributed by atoms with Crippen LogP contribution in [-0.2, 0) is 11.3 Å². The van der Waals surface area contributed by atoms with Gasteiger partial charge in [-0.05, 0) is 88.2 Å². The number of nitrogens with zero attached hydrogens (tertiary/aromatic N) is 1. The first-order valence-electron chi connectivity index (χ1n) is 13.2. The van der Waals surface area contributed by atoms with Crippen molar-refractivity contribution in [1.82, 2.24) is 10.2 Å². The number of likely N-dealkylation sites (tertiary alicyclic amines) is 1. The average molecular weight is 475 g/mol. The van der Waals surface area contributed by atoms with Gasteiger partial charge in [0, 0.05) is 18.6 Å². The minimum Gasteiger partial charge on any atom is -0.456 e. The van der Waals surface area contributed by atoms with Crippen LogP contribution in [0.5, 0.6) is 0 Å². The molecule has 1 heterocycles. The molecule has 4 heteroatoms. The Morgan fingerprint density at radius 1 is 1.06 bits per heavy atom. The van der Waals surface area contributed by atoms with E-state index in [9.17, 15) is 4.79 Å². The van der Waals surface area contributed by atoms with Crippen LogP contribution >= 0.6 is 0 Å². The Hall–Kier alpha value is -2.43. The molecule has 1 unspecified atom stereocenters. The molecule has 1 aliphatic carbocycles. The Morgan fingerprint density at radius 2 is 1.71 bits per heavy atom. The van der Waals surface area contributed by atoms with Gasteiger partial charge in [0.15, 0.2) is 0 Å². The van der Waals surface area contributed by atoms with Gasteiger partial charge in [0.1, 0.15) is 5.60 Å². The molecule has 35 heavy (non-hydrogen) atoms. The summed E-state index contributed by atoms with van der Waals surface area (Å²) in [6.45, 7) is 13.5. The molecule has 0 aromatic heterocycles. The summed E-state index contributed by atoms with van der Waals surface area (Å²) < 4.78 is 5.47. The third-order valence-electron chi connectivity index (χ3n) is 7.05. The molecule has 2 aliphatic rings. The van der Waals surface area contributed by atoms with E-state index >= 15 is 0 Å². The van der Waals surface area contributed by atoms with Gasteiger partial charge in [-0.1, -0.05) is 68.0 Å². The minimum atomic E-state index is -0.469. The maximum atomic E-state index is 12.2. The molecule has 0 amide bonds. The first kappa shape index (κ1) is 25.7. The number of benzene rings is 2. The summed E-state index contributed by atoms with van der Waals surface area (Å²) in [6, 6.07) is 19.9. The highest BCUT2D eigenvalue weighted by atomic mass is 16.6. The highest BCUT2D eigenvalue weighted by Gasteiger charge is 2.41. The third-order valence-corrected chi connectivity index (χ3v) is 7.05. The van der Waals surface area contributed by atoms with Gasteiger partial charge in [-0.2, -0.15) is 0 Å². The molecule has 2 aromatic carbocycles. The van der Waals surface area contributed by atoms with Crippen LogP contribution in [0.15, 0.2) is 60.2 Å². The number of carbonyl (C=O) groups excluding carboxylic acids is 1. The second-order valence-corrected chi connectivity index (χ2v) is 11.6. The van der Waals surface area contributed by atoms with Crippen molar-refractivity contribution in [2.45, 2.75) is 78.1 Å². The van der Waals surface area contributed by atoms with Crippen molar-refractivity contribution < 1.29 is 9.53 Å². The Kier molecular flexibility index (Phi) is 8.13. The maximum Gasteiger partial charge on any atom is 0.338 e. The van der Waals surface area contributed by atoms with Crippen LogP contribution in [0, 0.1) is 11.8 Å². The molecule has 1 N–H and O–H groups in total. The van der Waals surface area contributed by atoms with E-state index < -0.39 is 5.60 Å². The number of esters is 1. The predicted octanol–water partition coefficient (Wildman–Crippen LogP) is 6.32. The molecule has 0 bridgehead atoms. The van der Waals surface area contributed by atoms with E-state index in [4.69, 9.17) is 4.74 Å². The Labute approximate surface area is 211 Å². The highest BCUT2D eigenvalue weighted by molar-refractivity contribution is 5.89. The number of piperidine rings is 1. The summed E-state index contributed by atoms with van der Waals surface area (Å²) in [5.74, 6) is 1.00. The molecule has 2 atom stereocenters. The molecule has 4 rings (SSSR count). The smallest absolute Gasteiger partial charge is 0.338 e. The molecule has 1 saturated carbocycles. The van der Waals surface area contributed by atoms with Crippen LogP contribution in [-0.4, -0.2) is 41.6 Å². The zero-order valence-electron chi connectivity index (χ0n) is 22.1. The van der Waals surface area contributed by atoms with E-state index in [0.717, 1.165) is 19.6 Å². The zero-order chi connectivity index (χ0) is 25.0. The van der Waals surface area contributed by atoms with Crippen molar-refractivity contribution >= 4 is 12.0 Å². The summed E-state index contributed by atoms with van der Waals surface area (Å²) in [5, 5.41) is 3.97. The molecule has 4 nitrogen and oxygen atoms in total. The Balaban J connectivity index is 1.23. The monoisotopic (exact) mass is 474 g/mol. The third kappa shape index (κ3) is 7.52. The van der Waals surface area contributed by atoms with Crippen LogP contribution in [0.1, 0.15) is 75.4 Å². The van der Waals surface area contributed by atoms with Crippen molar-refractivity contribution in [2.75, 3.05) is 13.1 Å². The van der Waals surface area contributed by atoms with Crippen LogP contribution in [0.4, 0.5) is 0 Å². The van der Waals surface area contributed by atoms with Gasteiger partial charge in [-0.25, -0.2) is 4.79 Å². The second kappa shape index (κ2) is 11.1. The molecular formula is C31H42N2O2. The fraction of sp³-hybridized carbons (Fsp3) is 0.516. The van der Waals surface area contributed by atoms with E-state index in [-0.39, 0.29) is 5.97 Å². The largest absolute Gasteiger partial charge is 0.456 e. The molecule has 2 fully saturated rings. The van der Waals surface area contributed by atoms with Gasteiger partial charge >= 0.3 is 5.97 Å². The maximum absolute atomic E-state index is 12.2. The first-order valence-corrected chi connectivity index (χ1v) is 13.2. The Bertz CT molecular complexity index is 997. The number of hydrogen-bond acceptors (Lipinski definition) is 4. The average Bonchev–Trinajstić information content (AvgIpc) is 3.57. The van der Waals surface area contributed by atoms with Crippen molar-refractivity contribution in [3.05, 3.63) is 76.9 Å². The van der Waals surface area contributed by atoms with Gasteiger partial charge in [-0.3, -0.25) is 4.90 Å². The normalized spacial score (nSPS) is 21.8. The zero-order valence-corrected chi connectivity index (χ0v) is 22.1. The minimum absolute atomic E-state index is 0.256. The lowest BCUT2D eigenvalue weighted by Crippen LogP contribution is -2.43. The number of nitrogens with one attached hydrogen (secondary N) is 1. The Morgan fingerprint density at radius 3 is 2.31 bits per heavy atom. The molecular weight excluding hydrogens is 432 g/mol. The van der Waals surface area contributed by atoms with Crippen molar-refractivity contribution in [1.29, 1.82) is 0 Å². The summed E-state index contributed by atoms with van der Waals surface area (Å²) >= 11 is 0. The van der Waals surface area contributed by atoms with Crippen molar-refractivity contribution in [3.63, 3.8) is 0 Å². The van der Waals surface area contributed by atoms with Gasteiger partial charge in [0.25, 0.3) is 0 Å². The molecule has 2 aromatic rings. The van der Waals surface area contributed by atoms with Gasteiger partial charge in [0.2, 0.25) is 0 Å². The standard InChI is InChI=1S/C31H42N2O2/c1-22(2)27(19-23-9-7-6-8-10-23)28-20-29(28)32-26-15-17-33(18-16-26)21-24-11-13-25(14-12-24)30(34)35-31(3,4)5/h6-14,19,22,26,28-29,32H,15-18,20-21H2,1-5H3/t28?,29-/m0/s1. The van der Waals surface area contributed by atoms with Crippen molar-refractivity contribution in [2.24, 2.45) is 11.8 Å². The molecule has 1 aliphatic heterocycles. The molecule has 0 spiro atoms. The van der Waals surface area contributed by atoms with Gasteiger partial charge < -0.3 is 10.1 Å². The SMILES string of the molecule is CC(C)C(=Cc1ccccc1)C1C[C@@H]1NC1CCN(Cc2ccc(C(=O)OC(C)(C)C)cc2)CC1. The number of hydrogen-bond donors (Lipinski definition) is 1. The highest BCUT2D eigenvalue weighted by Crippen LogP contribution is 2.42. The number of carbonyl (C=O) groups is 1. The van der Waals surface area contributed by atoms with Gasteiger partial charge in [0.05, 0.1) is 5.56 Å². The lowest BCUT2D eigenvalue weighted by atomic mass is 9.95. The summed E-state index contributed by atoms with van der Waals surface area (Å²) in [7, 11) is 0. The molecule has 188 valence electrons. The summed E-state index contributed by atoms with van der Waals surface area (Å²) in [5.41, 5.74) is 4.30. The van der Waals surface area contributed by atoms with Gasteiger partial charge in [-0.15, -0.1) is 0 Å². The second-order valence-electron chi connectivity index (χ2n) is 11.6. The van der Waals surface area contributed by atoms with E-state index in [1.807, 2.05) is 32.9 Å². The van der Waals surface area contributed by atoms with Crippen LogP contribution in [0.2, 0.25) is 0 Å². The molecule has 0 radical (unpaired) electrons. The summed E-state index contributed by atoms with van der Waals surface area (Å²) in [6.07, 6.45) is 6.06. The lowest BCUT2D eigenvalue weighted by Gasteiger charge is -2.32. The van der Waals surface area contributed by atoms with E-state index in [1.54, 1.807) is 5.57 Å². The number of ether oxygens (including phenoxy) is 1. The topological polar surface area (TPSA) is 41.6 Å². The fourth-order valence-corrected chi connectivity index (χ4v) is 5.09. The fourth-order valence-electron chi connectivity index (χ4n) is 5.09. The first-order chi connectivity index (χ1) is 16.7. The molecule has 1 saturated heterocycles. The van der Waals surface area contributed by atoms with Crippen LogP contribution in [0.25, 0.3) is 6.08 Å². The van der Waals surface area contributed by atoms with Crippen molar-refractivity contribution in [3.8, 4) is 0 Å². The van der Waals surface area contributed by atoms with Crippen LogP contribution in [0.3, 0.4) is 0 Å². The van der Waals surface area contributed by atoms with Crippen LogP contribution < -0.4 is 5.32 Å². The predicted molar refractivity (Wildman–Crippen MR) is 144 cm³/mol. The number of rotatable bonds is 8. The quantitative estimate of drug-likeness (QED) is 0.454. The lowest BCUT2D eigenvalue weighted by molar-refractivity contribution is 0.00695. The van der Waals surface area contributed by atoms with E-state index in [2.05, 4.69) is 72.6 Å². The van der Waals surface area contributed by atoms with E-state index in [0.29, 0.717) is 29.5 Å². The summed E-state index contributed by atoms with van der Waals surface area (Å²) in [4.78, 5) is 14.8. The van der Waals surface area contributed by atoms with E-state index in [1.165, 1.54) is 30.4 Å².